The Hall–Kier alpha value is -1.10. The molecule has 5 nitrogen and oxygen atoms in total. The molecule has 0 aliphatic heterocycles. The van der Waals surface area contributed by atoms with Gasteiger partial charge >= 0.3 is 11.9 Å². The summed E-state index contributed by atoms with van der Waals surface area (Å²) in [6.07, 6.45) is 4.42. The van der Waals surface area contributed by atoms with E-state index in [0.29, 0.717) is 11.8 Å². The lowest BCUT2D eigenvalue weighted by Gasteiger charge is -2.39. The van der Waals surface area contributed by atoms with Gasteiger partial charge in [0.05, 0.1) is 0 Å². The molecule has 0 radical (unpaired) electrons. The highest BCUT2D eigenvalue weighted by Gasteiger charge is 2.62. The molecule has 112 valence electrons. The van der Waals surface area contributed by atoms with E-state index in [1.54, 1.807) is 0 Å². The van der Waals surface area contributed by atoms with E-state index < -0.39 is 0 Å². The van der Waals surface area contributed by atoms with Gasteiger partial charge < -0.3 is 15.2 Å². The van der Waals surface area contributed by atoms with Crippen molar-refractivity contribution >= 4 is 11.9 Å². The van der Waals surface area contributed by atoms with Gasteiger partial charge in [-0.3, -0.25) is 9.59 Å². The zero-order chi connectivity index (χ0) is 14.5. The molecule has 3 fully saturated rings. The van der Waals surface area contributed by atoms with E-state index in [1.165, 1.54) is 33.1 Å². The Morgan fingerprint density at radius 3 is 2.00 bits per heavy atom. The largest absolute Gasteiger partial charge is 0.459 e. The summed E-state index contributed by atoms with van der Waals surface area (Å²) in [4.78, 5) is 22.6. The molecule has 0 aromatic heterocycles. The number of hydrogen-bond acceptors (Lipinski definition) is 5. The zero-order valence-electron chi connectivity index (χ0n) is 12.1. The third kappa shape index (κ3) is 2.03. The second kappa shape index (κ2) is 4.72. The van der Waals surface area contributed by atoms with Gasteiger partial charge in [0.15, 0.2) is 0 Å². The topological polar surface area (TPSA) is 78.6 Å². The van der Waals surface area contributed by atoms with Crippen LogP contribution in [-0.2, 0) is 19.1 Å². The van der Waals surface area contributed by atoms with Gasteiger partial charge in [-0.2, -0.15) is 0 Å². The average Bonchev–Trinajstić information content (AvgIpc) is 2.98. The van der Waals surface area contributed by atoms with Crippen molar-refractivity contribution < 1.29 is 19.1 Å². The Balaban J connectivity index is 1.81. The van der Waals surface area contributed by atoms with Crippen LogP contribution < -0.4 is 5.73 Å². The van der Waals surface area contributed by atoms with Crippen molar-refractivity contribution in [2.24, 2.45) is 23.0 Å². The second-order valence-corrected chi connectivity index (χ2v) is 6.73. The van der Waals surface area contributed by atoms with E-state index in [4.69, 9.17) is 15.2 Å². The van der Waals surface area contributed by atoms with Gasteiger partial charge in [-0.1, -0.05) is 0 Å². The molecule has 1 spiro atoms. The van der Waals surface area contributed by atoms with Crippen molar-refractivity contribution in [3.05, 3.63) is 0 Å². The number of rotatable bonds is 2. The molecule has 0 aromatic carbocycles. The van der Waals surface area contributed by atoms with Gasteiger partial charge in [0.2, 0.25) is 0 Å². The van der Waals surface area contributed by atoms with E-state index in [2.05, 4.69) is 0 Å². The number of nitrogens with two attached hydrogens (primary N) is 1. The third-order valence-corrected chi connectivity index (χ3v) is 5.67. The van der Waals surface area contributed by atoms with Gasteiger partial charge in [0.25, 0.3) is 0 Å². The lowest BCUT2D eigenvalue weighted by molar-refractivity contribution is -0.162. The molecule has 0 heterocycles. The maximum atomic E-state index is 11.3. The molecule has 0 amide bonds. The summed E-state index contributed by atoms with van der Waals surface area (Å²) >= 11 is 0. The highest BCUT2D eigenvalue weighted by Crippen LogP contribution is 2.62. The zero-order valence-corrected chi connectivity index (χ0v) is 12.1. The number of hydrogen-bond donors (Lipinski definition) is 1. The highest BCUT2D eigenvalue weighted by atomic mass is 16.6. The summed E-state index contributed by atoms with van der Waals surface area (Å²) in [5, 5.41) is 0. The van der Waals surface area contributed by atoms with E-state index in [1.807, 2.05) is 0 Å². The lowest BCUT2D eigenvalue weighted by atomic mass is 9.69. The SMILES string of the molecule is CC(=O)O[C@@H]1CC2(C[C@H]1OC(C)=O)C1CC[C@H](C1)[C@H]2N. The molecule has 5 atom stereocenters. The second-order valence-electron chi connectivity index (χ2n) is 6.73. The van der Waals surface area contributed by atoms with Crippen molar-refractivity contribution in [3.63, 3.8) is 0 Å². The Morgan fingerprint density at radius 2 is 1.60 bits per heavy atom. The summed E-state index contributed by atoms with van der Waals surface area (Å²) in [6.45, 7) is 2.80. The summed E-state index contributed by atoms with van der Waals surface area (Å²) in [7, 11) is 0. The summed E-state index contributed by atoms with van der Waals surface area (Å²) in [6, 6.07) is 0.153. The molecule has 3 aliphatic rings. The maximum absolute atomic E-state index is 11.3. The first kappa shape index (κ1) is 13.9. The van der Waals surface area contributed by atoms with Crippen LogP contribution >= 0.6 is 0 Å². The number of carbonyl (C=O) groups excluding carboxylic acids is 2. The number of fused-ring (bicyclic) bond motifs is 3. The summed E-state index contributed by atoms with van der Waals surface area (Å²) in [5.74, 6) is 0.553. The molecule has 1 unspecified atom stereocenters. The molecule has 5 heteroatoms. The van der Waals surface area contributed by atoms with Crippen LogP contribution in [0, 0.1) is 17.3 Å². The molecule has 20 heavy (non-hydrogen) atoms. The molecule has 2 N–H and O–H groups in total. The van der Waals surface area contributed by atoms with Crippen LogP contribution in [0.3, 0.4) is 0 Å². The molecule has 2 bridgehead atoms. The van der Waals surface area contributed by atoms with E-state index in [9.17, 15) is 9.59 Å². The molecule has 0 saturated heterocycles. The van der Waals surface area contributed by atoms with E-state index in [0.717, 1.165) is 12.8 Å². The smallest absolute Gasteiger partial charge is 0.303 e. The molecule has 0 aromatic rings. The molecular weight excluding hydrogens is 258 g/mol. The predicted molar refractivity (Wildman–Crippen MR) is 71.6 cm³/mol. The van der Waals surface area contributed by atoms with Crippen LogP contribution in [0.2, 0.25) is 0 Å². The average molecular weight is 281 g/mol. The fourth-order valence-electron chi connectivity index (χ4n) is 4.97. The van der Waals surface area contributed by atoms with Gasteiger partial charge in [0, 0.05) is 19.9 Å². The quantitative estimate of drug-likeness (QED) is 0.774. The molecule has 3 aliphatic carbocycles. The van der Waals surface area contributed by atoms with Gasteiger partial charge in [-0.15, -0.1) is 0 Å². The van der Waals surface area contributed by atoms with Crippen LogP contribution in [0.1, 0.15) is 46.0 Å². The molecule has 3 rings (SSSR count). The standard InChI is InChI=1S/C15H23NO4/c1-8(17)19-12-6-15(7-13(12)20-9(2)18)11-4-3-10(5-11)14(15)16/h10-14H,3-7,16H2,1-2H3/t10-,11?,12-,13-,14-/m1/s1. The van der Waals surface area contributed by atoms with E-state index >= 15 is 0 Å². The van der Waals surface area contributed by atoms with Crippen LogP contribution in [0.25, 0.3) is 0 Å². The maximum Gasteiger partial charge on any atom is 0.303 e. The fraction of sp³-hybridized carbons (Fsp3) is 0.867. The molecular formula is C15H23NO4. The van der Waals surface area contributed by atoms with Crippen molar-refractivity contribution in [2.75, 3.05) is 0 Å². The van der Waals surface area contributed by atoms with Crippen molar-refractivity contribution in [1.82, 2.24) is 0 Å². The van der Waals surface area contributed by atoms with Crippen molar-refractivity contribution in [3.8, 4) is 0 Å². The molecule has 3 saturated carbocycles. The third-order valence-electron chi connectivity index (χ3n) is 5.67. The van der Waals surface area contributed by atoms with Gasteiger partial charge in [-0.05, 0) is 49.4 Å². The number of ether oxygens (including phenoxy) is 2. The normalized spacial score (nSPS) is 41.0. The number of esters is 2. The van der Waals surface area contributed by atoms with E-state index in [-0.39, 0.29) is 35.6 Å². The Bertz CT molecular complexity index is 408. The number of carbonyl (C=O) groups is 2. The predicted octanol–water partition coefficient (Wildman–Crippen LogP) is 1.39. The summed E-state index contributed by atoms with van der Waals surface area (Å²) < 4.78 is 10.8. The van der Waals surface area contributed by atoms with Crippen LogP contribution in [-0.4, -0.2) is 30.2 Å². The van der Waals surface area contributed by atoms with Gasteiger partial charge in [-0.25, -0.2) is 0 Å². The van der Waals surface area contributed by atoms with Crippen LogP contribution in [0.5, 0.6) is 0 Å². The summed E-state index contributed by atoms with van der Waals surface area (Å²) in [5.41, 5.74) is 6.47. The minimum atomic E-state index is -0.332. The Morgan fingerprint density at radius 1 is 1.05 bits per heavy atom. The minimum absolute atomic E-state index is 0.00313. The first-order valence-corrected chi connectivity index (χ1v) is 7.52. The fourth-order valence-corrected chi connectivity index (χ4v) is 4.97. The Labute approximate surface area is 119 Å². The Kier molecular flexibility index (Phi) is 3.27. The van der Waals surface area contributed by atoms with Crippen molar-refractivity contribution in [1.29, 1.82) is 0 Å². The minimum Gasteiger partial charge on any atom is -0.459 e. The first-order chi connectivity index (χ1) is 9.42. The highest BCUT2D eigenvalue weighted by molar-refractivity contribution is 5.67. The van der Waals surface area contributed by atoms with Crippen LogP contribution in [0.15, 0.2) is 0 Å². The lowest BCUT2D eigenvalue weighted by Crippen LogP contribution is -2.45. The van der Waals surface area contributed by atoms with Crippen LogP contribution in [0.4, 0.5) is 0 Å². The van der Waals surface area contributed by atoms with Gasteiger partial charge in [0.1, 0.15) is 12.2 Å². The monoisotopic (exact) mass is 281 g/mol. The van der Waals surface area contributed by atoms with Crippen molar-refractivity contribution in [2.45, 2.75) is 64.2 Å². The first-order valence-electron chi connectivity index (χ1n) is 7.52.